The molecule has 2 saturated heterocycles. The number of carbonyl (C=O) groups is 2. The molecule has 8 nitrogen and oxygen atoms in total. The summed E-state index contributed by atoms with van der Waals surface area (Å²) < 4.78 is 49.4. The van der Waals surface area contributed by atoms with Crippen LogP contribution in [0.1, 0.15) is 29.1 Å². The van der Waals surface area contributed by atoms with Crippen LogP contribution < -0.4 is 10.6 Å². The average Bonchev–Trinajstić information content (AvgIpc) is 3.55. The van der Waals surface area contributed by atoms with Crippen LogP contribution in [0.25, 0.3) is 0 Å². The molecular formula is C24H24F3N5O3S. The summed E-state index contributed by atoms with van der Waals surface area (Å²) >= 11 is 1.31. The second-order valence-corrected chi connectivity index (χ2v) is 9.76. The second-order valence-electron chi connectivity index (χ2n) is 8.87. The monoisotopic (exact) mass is 519 g/mol. The first-order valence-electron chi connectivity index (χ1n) is 11.5. The molecule has 0 saturated carbocycles. The third-order valence-electron chi connectivity index (χ3n) is 6.71. The number of nitrogens with one attached hydrogen (secondary N) is 2. The summed E-state index contributed by atoms with van der Waals surface area (Å²) in [4.78, 5) is 35.8. The van der Waals surface area contributed by atoms with Crippen molar-refractivity contribution in [2.45, 2.75) is 31.9 Å². The van der Waals surface area contributed by atoms with Gasteiger partial charge in [0.15, 0.2) is 10.8 Å². The van der Waals surface area contributed by atoms with Crippen LogP contribution in [0.4, 0.5) is 13.2 Å². The number of nitrogens with zero attached hydrogens (tertiary/aromatic N) is 3. The number of likely N-dealkylation sites (tertiary alicyclic amines) is 1. The van der Waals surface area contributed by atoms with Crippen LogP contribution in [0.15, 0.2) is 46.0 Å². The maximum absolute atomic E-state index is 14.8. The maximum atomic E-state index is 14.8. The zero-order chi connectivity index (χ0) is 25.6. The summed E-state index contributed by atoms with van der Waals surface area (Å²) in [6, 6.07) is 2.84. The smallest absolute Gasteiger partial charge is 0.338 e. The molecule has 5 rings (SSSR count). The van der Waals surface area contributed by atoms with Crippen molar-refractivity contribution in [1.29, 1.82) is 0 Å². The molecule has 4 heterocycles. The molecule has 12 heteroatoms. The van der Waals surface area contributed by atoms with Crippen molar-refractivity contribution < 1.29 is 27.5 Å². The molecule has 1 amide bonds. The lowest BCUT2D eigenvalue weighted by Gasteiger charge is -2.31. The number of esters is 1. The largest absolute Gasteiger partial charge is 0.463 e. The Labute approximate surface area is 209 Å². The Balaban J connectivity index is 1.62. The quantitative estimate of drug-likeness (QED) is 0.570. The molecular weight excluding hydrogens is 495 g/mol. The van der Waals surface area contributed by atoms with E-state index in [9.17, 15) is 22.8 Å². The standard InChI is InChI=1S/C24H24F3N5O3S/c1-3-35-23(34)17-15(10-32-11-24(26,27)18-16(32)9-29-21(18)33)30-20(22-28-7-8-36-22)31-19(17)13-5-4-6-14(25)12(13)2/h4-8,16,18-19H,3,9-11H2,1-2H3,(H,29,33)(H,30,31)/t16-,18-,19-/m0/s1. The molecule has 0 bridgehead atoms. The number of ether oxygens (including phenoxy) is 1. The molecule has 190 valence electrons. The number of fused-ring (bicyclic) bond motifs is 1. The van der Waals surface area contributed by atoms with Crippen LogP contribution in [-0.4, -0.2) is 65.8 Å². The SMILES string of the molecule is CCOC(=O)C1=C(CN2CC(F)(F)[C@@H]3C(=O)NC[C@@H]32)NC(c2nccs2)=N[C@H]1c1cccc(F)c1C. The number of aliphatic imine (C=N–C) groups is 1. The van der Waals surface area contributed by atoms with E-state index < -0.39 is 48.2 Å². The van der Waals surface area contributed by atoms with Gasteiger partial charge >= 0.3 is 5.97 Å². The van der Waals surface area contributed by atoms with Gasteiger partial charge in [0, 0.05) is 36.4 Å². The number of aromatic nitrogens is 1. The fourth-order valence-corrected chi connectivity index (χ4v) is 5.64. The van der Waals surface area contributed by atoms with Crippen molar-refractivity contribution in [2.24, 2.45) is 10.9 Å². The van der Waals surface area contributed by atoms with Crippen LogP contribution in [-0.2, 0) is 14.3 Å². The summed E-state index contributed by atoms with van der Waals surface area (Å²) in [5.74, 6) is -6.15. The minimum Gasteiger partial charge on any atom is -0.463 e. The van der Waals surface area contributed by atoms with Gasteiger partial charge in [-0.15, -0.1) is 11.3 Å². The molecule has 0 spiro atoms. The zero-order valence-corrected chi connectivity index (χ0v) is 20.4. The third kappa shape index (κ3) is 4.17. The van der Waals surface area contributed by atoms with E-state index in [1.807, 2.05) is 0 Å². The van der Waals surface area contributed by atoms with Crippen LogP contribution in [0.5, 0.6) is 0 Å². The average molecular weight is 520 g/mol. The van der Waals surface area contributed by atoms with Gasteiger partial charge in [0.25, 0.3) is 5.92 Å². The van der Waals surface area contributed by atoms with E-state index in [-0.39, 0.29) is 25.3 Å². The fraction of sp³-hybridized carbons (Fsp3) is 0.417. The van der Waals surface area contributed by atoms with Gasteiger partial charge in [0.1, 0.15) is 17.8 Å². The fourth-order valence-electron chi connectivity index (χ4n) is 5.05. The molecule has 0 radical (unpaired) electrons. The van der Waals surface area contributed by atoms with Crippen LogP contribution in [0.3, 0.4) is 0 Å². The Kier molecular flexibility index (Phi) is 6.33. The first-order chi connectivity index (χ1) is 17.2. The van der Waals surface area contributed by atoms with Gasteiger partial charge in [-0.05, 0) is 31.0 Å². The number of halogens is 3. The van der Waals surface area contributed by atoms with Gasteiger partial charge in [0.2, 0.25) is 5.91 Å². The van der Waals surface area contributed by atoms with Gasteiger partial charge in [-0.3, -0.25) is 14.7 Å². The number of amides is 1. The minimum absolute atomic E-state index is 0.0818. The molecule has 2 aromatic rings. The van der Waals surface area contributed by atoms with Crippen molar-refractivity contribution in [3.63, 3.8) is 0 Å². The number of alkyl halides is 2. The summed E-state index contributed by atoms with van der Waals surface area (Å²) in [5, 5.41) is 7.91. The van der Waals surface area contributed by atoms with Crippen LogP contribution >= 0.6 is 11.3 Å². The Bertz CT molecular complexity index is 1260. The van der Waals surface area contributed by atoms with Crippen molar-refractivity contribution in [1.82, 2.24) is 20.5 Å². The number of carbonyl (C=O) groups excluding carboxylic acids is 2. The summed E-state index contributed by atoms with van der Waals surface area (Å²) in [7, 11) is 0. The van der Waals surface area contributed by atoms with E-state index in [4.69, 9.17) is 9.73 Å². The number of thiazole rings is 1. The van der Waals surface area contributed by atoms with Crippen molar-refractivity contribution >= 4 is 29.0 Å². The second kappa shape index (κ2) is 9.32. The van der Waals surface area contributed by atoms with E-state index in [0.717, 1.165) is 0 Å². The van der Waals surface area contributed by atoms with Crippen molar-refractivity contribution in [3.05, 3.63) is 63.0 Å². The molecule has 0 aliphatic carbocycles. The van der Waals surface area contributed by atoms with E-state index in [0.29, 0.717) is 27.7 Å². The molecule has 2 fully saturated rings. The van der Waals surface area contributed by atoms with Gasteiger partial charge in [-0.1, -0.05) is 12.1 Å². The highest BCUT2D eigenvalue weighted by molar-refractivity contribution is 7.11. The summed E-state index contributed by atoms with van der Waals surface area (Å²) in [6.07, 6.45) is 1.60. The highest BCUT2D eigenvalue weighted by Gasteiger charge is 2.60. The van der Waals surface area contributed by atoms with Crippen molar-refractivity contribution in [3.8, 4) is 0 Å². The predicted molar refractivity (Wildman–Crippen MR) is 126 cm³/mol. The number of benzene rings is 1. The topological polar surface area (TPSA) is 95.9 Å². The normalized spacial score (nSPS) is 25.3. The Morgan fingerprint density at radius 3 is 2.89 bits per heavy atom. The Morgan fingerprint density at radius 1 is 1.36 bits per heavy atom. The van der Waals surface area contributed by atoms with Crippen molar-refractivity contribution in [2.75, 3.05) is 26.2 Å². The van der Waals surface area contributed by atoms with Gasteiger partial charge in [0.05, 0.1) is 18.7 Å². The molecule has 3 aliphatic rings. The first-order valence-corrected chi connectivity index (χ1v) is 12.4. The molecule has 1 aromatic carbocycles. The van der Waals surface area contributed by atoms with Crippen LogP contribution in [0.2, 0.25) is 0 Å². The highest BCUT2D eigenvalue weighted by Crippen LogP contribution is 2.42. The van der Waals surface area contributed by atoms with E-state index in [1.54, 1.807) is 31.5 Å². The van der Waals surface area contributed by atoms with E-state index in [1.165, 1.54) is 28.4 Å². The zero-order valence-electron chi connectivity index (χ0n) is 19.6. The maximum Gasteiger partial charge on any atom is 0.338 e. The molecule has 1 aromatic heterocycles. The number of hydrogen-bond acceptors (Lipinski definition) is 8. The van der Waals surface area contributed by atoms with E-state index in [2.05, 4.69) is 15.6 Å². The third-order valence-corrected chi connectivity index (χ3v) is 7.49. The molecule has 36 heavy (non-hydrogen) atoms. The molecule has 3 aliphatic heterocycles. The van der Waals surface area contributed by atoms with Gasteiger partial charge < -0.3 is 15.4 Å². The van der Waals surface area contributed by atoms with E-state index >= 15 is 0 Å². The molecule has 2 N–H and O–H groups in total. The number of rotatable bonds is 6. The minimum atomic E-state index is -3.21. The summed E-state index contributed by atoms with van der Waals surface area (Å²) in [6.45, 7) is 2.69. The lowest BCUT2D eigenvalue weighted by Crippen LogP contribution is -2.43. The number of amidine groups is 1. The van der Waals surface area contributed by atoms with Gasteiger partial charge in [-0.25, -0.2) is 22.9 Å². The Hall–Kier alpha value is -3.25. The summed E-state index contributed by atoms with van der Waals surface area (Å²) in [5.41, 5.74) is 1.17. The highest BCUT2D eigenvalue weighted by atomic mass is 32.1. The van der Waals surface area contributed by atoms with Gasteiger partial charge in [-0.2, -0.15) is 0 Å². The molecule has 3 atom stereocenters. The molecule has 0 unspecified atom stereocenters. The lowest BCUT2D eigenvalue weighted by atomic mass is 9.92. The lowest BCUT2D eigenvalue weighted by molar-refractivity contribution is -0.139. The number of hydrogen-bond donors (Lipinski definition) is 2. The van der Waals surface area contributed by atoms with Crippen LogP contribution in [0, 0.1) is 18.7 Å². The Morgan fingerprint density at radius 2 is 2.17 bits per heavy atom. The first kappa shape index (κ1) is 24.4. The predicted octanol–water partition coefficient (Wildman–Crippen LogP) is 2.56.